The summed E-state index contributed by atoms with van der Waals surface area (Å²) in [5.74, 6) is 1.06. The van der Waals surface area contributed by atoms with Crippen LogP contribution in [0.2, 0.25) is 0 Å². The number of aromatic nitrogens is 5. The Kier molecular flexibility index (Phi) is 7.16. The zero-order valence-corrected chi connectivity index (χ0v) is 17.9. The van der Waals surface area contributed by atoms with Crippen LogP contribution in [-0.4, -0.2) is 36.6 Å². The largest absolute Gasteiger partial charge is 0.306 e. The van der Waals surface area contributed by atoms with Gasteiger partial charge in [0.05, 0.1) is 5.75 Å². The van der Waals surface area contributed by atoms with Gasteiger partial charge in [-0.05, 0) is 18.9 Å². The summed E-state index contributed by atoms with van der Waals surface area (Å²) in [6.07, 6.45) is 3.02. The molecule has 0 fully saturated rings. The van der Waals surface area contributed by atoms with Crippen molar-refractivity contribution < 1.29 is 4.79 Å². The summed E-state index contributed by atoms with van der Waals surface area (Å²) in [7, 11) is 0. The molecule has 1 aromatic carbocycles. The van der Waals surface area contributed by atoms with Gasteiger partial charge in [0.25, 0.3) is 0 Å². The van der Waals surface area contributed by atoms with Crippen molar-refractivity contribution in [1.29, 1.82) is 0 Å². The number of carbonyl (C=O) groups excluding carboxylic acids is 1. The van der Waals surface area contributed by atoms with Crippen LogP contribution in [0.15, 0.2) is 29.4 Å². The zero-order valence-electron chi connectivity index (χ0n) is 16.3. The predicted octanol–water partition coefficient (Wildman–Crippen LogP) is 4.06. The lowest BCUT2D eigenvalue weighted by atomic mass is 10.1. The molecule has 0 spiro atoms. The van der Waals surface area contributed by atoms with E-state index < -0.39 is 0 Å². The van der Waals surface area contributed by atoms with Crippen LogP contribution in [-0.2, 0) is 24.2 Å². The number of hydrogen-bond donors (Lipinski definition) is 1. The third-order valence-corrected chi connectivity index (χ3v) is 6.02. The molecule has 2 heterocycles. The smallest absolute Gasteiger partial charge is 0.236 e. The highest BCUT2D eigenvalue weighted by atomic mass is 32.2. The minimum Gasteiger partial charge on any atom is -0.306 e. The quantitative estimate of drug-likeness (QED) is 0.529. The highest BCUT2D eigenvalue weighted by molar-refractivity contribution is 7.99. The second kappa shape index (κ2) is 9.79. The van der Waals surface area contributed by atoms with Gasteiger partial charge in [0.1, 0.15) is 10.8 Å². The molecule has 3 rings (SSSR count). The summed E-state index contributed by atoms with van der Waals surface area (Å²) in [6, 6.07) is 8.33. The van der Waals surface area contributed by atoms with Crippen molar-refractivity contribution in [1.82, 2.24) is 25.0 Å². The molecule has 28 heavy (non-hydrogen) atoms. The van der Waals surface area contributed by atoms with Gasteiger partial charge in [-0.25, -0.2) is 0 Å². The van der Waals surface area contributed by atoms with Crippen molar-refractivity contribution in [3.05, 3.63) is 35.7 Å². The molecule has 0 radical (unpaired) electrons. The fraction of sp³-hybridized carbons (Fsp3) is 0.421. The number of hydrogen-bond acceptors (Lipinski definition) is 7. The molecule has 1 amide bonds. The highest BCUT2D eigenvalue weighted by Gasteiger charge is 2.14. The van der Waals surface area contributed by atoms with E-state index in [0.717, 1.165) is 47.4 Å². The van der Waals surface area contributed by atoms with E-state index in [9.17, 15) is 4.79 Å². The standard InChI is InChI=1S/C19H24N6OS2/c1-4-7-13-8-10-14(11-9-13)17-22-23-18(28-17)20-16(26)12-27-19-24-21-15(5-2)25(19)6-3/h8-11H,4-7,12H2,1-3H3,(H,20,23,26). The van der Waals surface area contributed by atoms with Gasteiger partial charge in [0.15, 0.2) is 5.16 Å². The van der Waals surface area contributed by atoms with Gasteiger partial charge in [0, 0.05) is 18.5 Å². The average molecular weight is 417 g/mol. The van der Waals surface area contributed by atoms with Crippen LogP contribution >= 0.6 is 23.1 Å². The molecule has 0 aliphatic carbocycles. The molecule has 1 N–H and O–H groups in total. The molecule has 0 atom stereocenters. The van der Waals surface area contributed by atoms with E-state index in [0.29, 0.717) is 5.13 Å². The second-order valence-corrected chi connectivity index (χ2v) is 8.11. The van der Waals surface area contributed by atoms with E-state index in [4.69, 9.17) is 0 Å². The molecule has 9 heteroatoms. The number of aryl methyl sites for hydroxylation is 2. The maximum atomic E-state index is 12.3. The SMILES string of the molecule is CCCc1ccc(-c2nnc(NC(=O)CSc3nnc(CC)n3CC)s2)cc1. The van der Waals surface area contributed by atoms with Crippen molar-refractivity contribution in [2.45, 2.75) is 51.7 Å². The minimum absolute atomic E-state index is 0.130. The van der Waals surface area contributed by atoms with Crippen LogP contribution in [0.5, 0.6) is 0 Å². The summed E-state index contributed by atoms with van der Waals surface area (Å²) < 4.78 is 2.03. The van der Waals surface area contributed by atoms with Crippen LogP contribution < -0.4 is 5.32 Å². The van der Waals surface area contributed by atoms with Gasteiger partial charge in [-0.2, -0.15) is 0 Å². The third kappa shape index (κ3) is 4.96. The maximum absolute atomic E-state index is 12.3. The van der Waals surface area contributed by atoms with E-state index in [1.54, 1.807) is 0 Å². The normalized spacial score (nSPS) is 11.0. The lowest BCUT2D eigenvalue weighted by molar-refractivity contribution is -0.113. The van der Waals surface area contributed by atoms with Crippen molar-refractivity contribution in [2.24, 2.45) is 0 Å². The van der Waals surface area contributed by atoms with Crippen molar-refractivity contribution >= 4 is 34.1 Å². The Morgan fingerprint density at radius 1 is 1.11 bits per heavy atom. The van der Waals surface area contributed by atoms with Crippen molar-refractivity contribution in [3.63, 3.8) is 0 Å². The molecular formula is C19H24N6OS2. The zero-order chi connectivity index (χ0) is 19.9. The summed E-state index contributed by atoms with van der Waals surface area (Å²) in [5, 5.41) is 21.5. The van der Waals surface area contributed by atoms with Gasteiger partial charge in [-0.15, -0.1) is 20.4 Å². The lowest BCUT2D eigenvalue weighted by Crippen LogP contribution is -2.14. The van der Waals surface area contributed by atoms with E-state index in [-0.39, 0.29) is 11.7 Å². The Bertz CT molecular complexity index is 919. The van der Waals surface area contributed by atoms with E-state index in [2.05, 4.69) is 56.9 Å². The number of anilines is 1. The molecular weight excluding hydrogens is 392 g/mol. The fourth-order valence-electron chi connectivity index (χ4n) is 2.78. The van der Waals surface area contributed by atoms with Gasteiger partial charge >= 0.3 is 0 Å². The number of nitrogens with one attached hydrogen (secondary N) is 1. The summed E-state index contributed by atoms with van der Waals surface area (Å²) >= 11 is 2.75. The number of thioether (sulfide) groups is 1. The minimum atomic E-state index is -0.130. The molecule has 0 unspecified atom stereocenters. The molecule has 148 valence electrons. The average Bonchev–Trinajstić information content (AvgIpc) is 3.33. The molecule has 0 saturated carbocycles. The van der Waals surface area contributed by atoms with Crippen LogP contribution in [0.25, 0.3) is 10.6 Å². The van der Waals surface area contributed by atoms with E-state index >= 15 is 0 Å². The maximum Gasteiger partial charge on any atom is 0.236 e. The second-order valence-electron chi connectivity index (χ2n) is 6.19. The number of amides is 1. The lowest BCUT2D eigenvalue weighted by Gasteiger charge is -2.05. The van der Waals surface area contributed by atoms with E-state index in [1.807, 2.05) is 18.4 Å². The first-order valence-electron chi connectivity index (χ1n) is 9.42. The first kappa shape index (κ1) is 20.5. The van der Waals surface area contributed by atoms with Crippen molar-refractivity contribution in [2.75, 3.05) is 11.1 Å². The topological polar surface area (TPSA) is 85.6 Å². The molecule has 0 aliphatic heterocycles. The van der Waals surface area contributed by atoms with Crippen LogP contribution in [0, 0.1) is 0 Å². The molecule has 0 bridgehead atoms. The van der Waals surface area contributed by atoms with E-state index in [1.165, 1.54) is 28.7 Å². The number of rotatable bonds is 9. The van der Waals surface area contributed by atoms with Crippen LogP contribution in [0.4, 0.5) is 5.13 Å². The summed E-state index contributed by atoms with van der Waals surface area (Å²) in [6.45, 7) is 7.05. The first-order chi connectivity index (χ1) is 13.6. The van der Waals surface area contributed by atoms with Crippen LogP contribution in [0.3, 0.4) is 0 Å². The first-order valence-corrected chi connectivity index (χ1v) is 11.2. The number of nitrogens with zero attached hydrogens (tertiary/aromatic N) is 5. The Morgan fingerprint density at radius 2 is 1.89 bits per heavy atom. The van der Waals surface area contributed by atoms with Crippen LogP contribution in [0.1, 0.15) is 38.6 Å². The highest BCUT2D eigenvalue weighted by Crippen LogP contribution is 2.27. The molecule has 0 aliphatic rings. The van der Waals surface area contributed by atoms with Gasteiger partial charge < -0.3 is 4.57 Å². The van der Waals surface area contributed by atoms with Gasteiger partial charge in [-0.3, -0.25) is 10.1 Å². The third-order valence-electron chi connectivity index (χ3n) is 4.17. The Hall–Kier alpha value is -2.26. The predicted molar refractivity (Wildman–Crippen MR) is 114 cm³/mol. The summed E-state index contributed by atoms with van der Waals surface area (Å²) in [4.78, 5) is 12.3. The summed E-state index contributed by atoms with van der Waals surface area (Å²) in [5.41, 5.74) is 2.32. The Labute approximate surface area is 173 Å². The van der Waals surface area contributed by atoms with Gasteiger partial charge in [-0.1, -0.05) is 67.6 Å². The molecule has 0 saturated heterocycles. The number of benzene rings is 1. The van der Waals surface area contributed by atoms with Gasteiger partial charge in [0.2, 0.25) is 11.0 Å². The number of carbonyl (C=O) groups is 1. The molecule has 3 aromatic rings. The van der Waals surface area contributed by atoms with Crippen molar-refractivity contribution in [3.8, 4) is 10.6 Å². The Morgan fingerprint density at radius 3 is 2.57 bits per heavy atom. The fourth-order valence-corrected chi connectivity index (χ4v) is 4.37. The Balaban J connectivity index is 1.57. The molecule has 7 nitrogen and oxygen atoms in total. The molecule has 2 aromatic heterocycles. The monoisotopic (exact) mass is 416 g/mol.